The van der Waals surface area contributed by atoms with Gasteiger partial charge in [-0.3, -0.25) is 9.59 Å². The van der Waals surface area contributed by atoms with Crippen molar-refractivity contribution < 1.29 is 18.7 Å². The third-order valence-electron chi connectivity index (χ3n) is 7.53. The number of carbonyl (C=O) groups excluding carboxylic acids is 2. The number of rotatable bonds is 4. The van der Waals surface area contributed by atoms with E-state index in [1.807, 2.05) is 9.47 Å². The highest BCUT2D eigenvalue weighted by Crippen LogP contribution is 2.29. The molecule has 1 aromatic carbocycles. The number of piperidine rings is 1. The number of likely N-dealkylation sites (tertiary alicyclic amines) is 1. The highest BCUT2D eigenvalue weighted by atomic mass is 19.1. The maximum atomic E-state index is 13.2. The number of ether oxygens (including phenoxy) is 1. The Hall–Kier alpha value is -2.74. The van der Waals surface area contributed by atoms with E-state index in [9.17, 15) is 14.0 Å². The number of nitrogens with zero attached hydrogens (tertiary/aromatic N) is 3. The maximum Gasteiger partial charge on any atom is 0.274 e. The zero-order chi connectivity index (χ0) is 23.5. The van der Waals surface area contributed by atoms with E-state index in [0.717, 1.165) is 24.1 Å². The van der Waals surface area contributed by atoms with Gasteiger partial charge in [-0.15, -0.1) is 0 Å². The van der Waals surface area contributed by atoms with Crippen LogP contribution in [-0.2, 0) is 22.7 Å². The molecule has 0 radical (unpaired) electrons. The maximum absolute atomic E-state index is 13.2. The van der Waals surface area contributed by atoms with Crippen LogP contribution in [0.25, 0.3) is 0 Å². The highest BCUT2D eigenvalue weighted by Gasteiger charge is 2.32. The van der Waals surface area contributed by atoms with Gasteiger partial charge in [0.1, 0.15) is 11.9 Å². The predicted molar refractivity (Wildman–Crippen MR) is 124 cm³/mol. The molecule has 34 heavy (non-hydrogen) atoms. The third-order valence-corrected chi connectivity index (χ3v) is 7.53. The first-order valence-corrected chi connectivity index (χ1v) is 12.6. The minimum absolute atomic E-state index is 0.0250. The van der Waals surface area contributed by atoms with Crippen molar-refractivity contribution in [2.75, 3.05) is 13.1 Å². The predicted octanol–water partition coefficient (Wildman–Crippen LogP) is 3.98. The molecule has 1 aromatic heterocycles. The fourth-order valence-corrected chi connectivity index (χ4v) is 5.42. The van der Waals surface area contributed by atoms with Crippen molar-refractivity contribution in [2.24, 2.45) is 5.92 Å². The Morgan fingerprint density at radius 2 is 1.71 bits per heavy atom. The zero-order valence-corrected chi connectivity index (χ0v) is 19.5. The van der Waals surface area contributed by atoms with Gasteiger partial charge in [0.15, 0.2) is 5.69 Å². The van der Waals surface area contributed by atoms with E-state index < -0.39 is 0 Å². The van der Waals surface area contributed by atoms with Crippen molar-refractivity contribution >= 4 is 11.8 Å². The summed E-state index contributed by atoms with van der Waals surface area (Å²) in [6, 6.07) is 6.62. The molecule has 5 rings (SSSR count). The van der Waals surface area contributed by atoms with Gasteiger partial charge in [-0.05, 0) is 43.4 Å². The van der Waals surface area contributed by atoms with E-state index >= 15 is 0 Å². The lowest BCUT2D eigenvalue weighted by molar-refractivity contribution is -0.127. The Labute approximate surface area is 199 Å². The summed E-state index contributed by atoms with van der Waals surface area (Å²) in [5.41, 5.74) is 2.10. The Bertz CT molecular complexity index is 1010. The molecule has 1 N–H and O–H groups in total. The average Bonchev–Trinajstić information content (AvgIpc) is 3.12. The Kier molecular flexibility index (Phi) is 6.94. The topological polar surface area (TPSA) is 76.5 Å². The number of hydrogen-bond acceptors (Lipinski definition) is 4. The molecule has 8 heteroatoms. The molecule has 1 unspecified atom stereocenters. The summed E-state index contributed by atoms with van der Waals surface area (Å²) in [4.78, 5) is 32.2. The number of halogens is 1. The molecule has 0 bridgehead atoms. The zero-order valence-electron chi connectivity index (χ0n) is 19.5. The Balaban J connectivity index is 1.16. The summed E-state index contributed by atoms with van der Waals surface area (Å²) in [6.07, 6.45) is 9.94. The molecule has 0 spiro atoms. The van der Waals surface area contributed by atoms with Crippen molar-refractivity contribution in [3.8, 4) is 0 Å². The van der Waals surface area contributed by atoms with Crippen LogP contribution in [0.4, 0.5) is 4.39 Å². The summed E-state index contributed by atoms with van der Waals surface area (Å²) >= 11 is 0. The highest BCUT2D eigenvalue weighted by molar-refractivity contribution is 5.93. The molecule has 7 nitrogen and oxygen atoms in total. The number of aromatic nitrogens is 2. The number of carbonyl (C=O) groups is 2. The number of nitrogens with one attached hydrogen (secondary N) is 1. The van der Waals surface area contributed by atoms with Gasteiger partial charge in [0, 0.05) is 25.0 Å². The number of fused-ring (bicyclic) bond motifs is 1. The molecule has 1 aliphatic carbocycles. The van der Waals surface area contributed by atoms with Gasteiger partial charge in [-0.1, -0.05) is 37.8 Å². The minimum Gasteiger partial charge on any atom is -0.365 e. The SMILES string of the molecule is O=C(NC1CCCCCC1)C1CCN(C(=O)c2ncn3c2COC(c2ccc(F)cc2)C3)CC1. The van der Waals surface area contributed by atoms with E-state index in [1.165, 1.54) is 37.8 Å². The summed E-state index contributed by atoms with van der Waals surface area (Å²) < 4.78 is 21.2. The molecule has 2 amide bonds. The average molecular weight is 469 g/mol. The summed E-state index contributed by atoms with van der Waals surface area (Å²) in [5.74, 6) is -0.247. The standard InChI is InChI=1S/C26H33FN4O3/c27-20-9-7-18(8-10-20)23-15-31-17-28-24(22(31)16-34-23)26(33)30-13-11-19(12-14-30)25(32)29-21-5-3-1-2-4-6-21/h7-10,17,19,21,23H,1-6,11-16H2,(H,29,32). The summed E-state index contributed by atoms with van der Waals surface area (Å²) in [6.45, 7) is 1.94. The van der Waals surface area contributed by atoms with E-state index in [-0.39, 0.29) is 36.3 Å². The van der Waals surface area contributed by atoms with E-state index in [2.05, 4.69) is 10.3 Å². The second-order valence-electron chi connectivity index (χ2n) is 9.81. The second kappa shape index (κ2) is 10.3. The van der Waals surface area contributed by atoms with Crippen LogP contribution in [0.1, 0.15) is 79.2 Å². The molecule has 1 saturated heterocycles. The van der Waals surface area contributed by atoms with Gasteiger partial charge in [0.25, 0.3) is 5.91 Å². The third kappa shape index (κ3) is 5.02. The molecule has 182 valence electrons. The smallest absolute Gasteiger partial charge is 0.274 e. The van der Waals surface area contributed by atoms with Crippen LogP contribution in [0, 0.1) is 11.7 Å². The Morgan fingerprint density at radius 1 is 1.00 bits per heavy atom. The molecule has 3 heterocycles. The van der Waals surface area contributed by atoms with Crippen molar-refractivity contribution in [1.82, 2.24) is 19.8 Å². The number of benzene rings is 1. The first-order valence-electron chi connectivity index (χ1n) is 12.6. The van der Waals surface area contributed by atoms with Crippen LogP contribution in [0.15, 0.2) is 30.6 Å². The van der Waals surface area contributed by atoms with Gasteiger partial charge in [0.2, 0.25) is 5.91 Å². The first kappa shape index (κ1) is 23.0. The molecule has 2 fully saturated rings. The van der Waals surface area contributed by atoms with Crippen LogP contribution in [0.3, 0.4) is 0 Å². The van der Waals surface area contributed by atoms with Gasteiger partial charge >= 0.3 is 0 Å². The summed E-state index contributed by atoms with van der Waals surface area (Å²) in [5, 5.41) is 3.27. The van der Waals surface area contributed by atoms with Gasteiger partial charge in [0.05, 0.1) is 25.2 Å². The Morgan fingerprint density at radius 3 is 2.41 bits per heavy atom. The van der Waals surface area contributed by atoms with Crippen molar-refractivity contribution in [1.29, 1.82) is 0 Å². The van der Waals surface area contributed by atoms with Crippen molar-refractivity contribution in [3.05, 3.63) is 53.4 Å². The lowest BCUT2D eigenvalue weighted by atomic mass is 9.94. The van der Waals surface area contributed by atoms with Crippen LogP contribution >= 0.6 is 0 Å². The molecule has 1 saturated carbocycles. The van der Waals surface area contributed by atoms with Crippen molar-refractivity contribution in [3.63, 3.8) is 0 Å². The summed E-state index contributed by atoms with van der Waals surface area (Å²) in [7, 11) is 0. The number of hydrogen-bond donors (Lipinski definition) is 1. The first-order chi connectivity index (χ1) is 16.6. The molecule has 3 aliphatic rings. The van der Waals surface area contributed by atoms with E-state index in [0.29, 0.717) is 44.2 Å². The molecule has 1 atom stereocenters. The normalized spacial score (nSPS) is 22.1. The van der Waals surface area contributed by atoms with Gasteiger partial charge in [-0.25, -0.2) is 9.37 Å². The van der Waals surface area contributed by atoms with Crippen LogP contribution in [0.2, 0.25) is 0 Å². The molecular weight excluding hydrogens is 435 g/mol. The fourth-order valence-electron chi connectivity index (χ4n) is 5.42. The van der Waals surface area contributed by atoms with E-state index in [1.54, 1.807) is 18.5 Å². The number of imidazole rings is 1. The molecule has 2 aliphatic heterocycles. The number of amides is 2. The molecule has 2 aromatic rings. The fraction of sp³-hybridized carbons (Fsp3) is 0.577. The second-order valence-corrected chi connectivity index (χ2v) is 9.81. The largest absolute Gasteiger partial charge is 0.365 e. The van der Waals surface area contributed by atoms with Crippen molar-refractivity contribution in [2.45, 2.75) is 76.7 Å². The monoisotopic (exact) mass is 468 g/mol. The van der Waals surface area contributed by atoms with Crippen LogP contribution in [0.5, 0.6) is 0 Å². The van der Waals surface area contributed by atoms with Gasteiger partial charge in [-0.2, -0.15) is 0 Å². The lowest BCUT2D eigenvalue weighted by Gasteiger charge is -2.32. The lowest BCUT2D eigenvalue weighted by Crippen LogP contribution is -2.45. The quantitative estimate of drug-likeness (QED) is 0.689. The van der Waals surface area contributed by atoms with Crippen LogP contribution in [-0.4, -0.2) is 45.4 Å². The minimum atomic E-state index is -0.276. The molecular formula is C26H33FN4O3. The van der Waals surface area contributed by atoms with E-state index in [4.69, 9.17) is 4.74 Å². The van der Waals surface area contributed by atoms with Gasteiger partial charge < -0.3 is 19.5 Å². The van der Waals surface area contributed by atoms with Crippen LogP contribution < -0.4 is 5.32 Å².